The van der Waals surface area contributed by atoms with E-state index >= 15 is 0 Å². The van der Waals surface area contributed by atoms with Crippen LogP contribution >= 0.6 is 11.6 Å². The summed E-state index contributed by atoms with van der Waals surface area (Å²) in [6.07, 6.45) is -3.76. The summed E-state index contributed by atoms with van der Waals surface area (Å²) < 4.78 is 50.3. The molecule has 1 saturated carbocycles. The maximum atomic E-state index is 13.0. The third kappa shape index (κ3) is 2.32. The smallest absolute Gasteiger partial charge is 0.207 e. The van der Waals surface area contributed by atoms with Gasteiger partial charge in [0.15, 0.2) is 0 Å². The van der Waals surface area contributed by atoms with Crippen LogP contribution in [0.2, 0.25) is 0 Å². The molecule has 5 heteroatoms. The molecule has 88 valence electrons. The van der Waals surface area contributed by atoms with E-state index in [1.165, 1.54) is 0 Å². The molecule has 0 spiro atoms. The summed E-state index contributed by atoms with van der Waals surface area (Å²) in [5.74, 6) is -0.272. The lowest BCUT2D eigenvalue weighted by Gasteiger charge is -2.09. The Kier molecular flexibility index (Phi) is 2.86. The van der Waals surface area contributed by atoms with Crippen molar-refractivity contribution in [1.29, 1.82) is 0 Å². The Hall–Kier alpha value is -0.770. The summed E-state index contributed by atoms with van der Waals surface area (Å²) in [5.41, 5.74) is -0.527. The highest BCUT2D eigenvalue weighted by atomic mass is 35.5. The minimum absolute atomic E-state index is 0.0192. The summed E-state index contributed by atoms with van der Waals surface area (Å²) >= 11 is 5.60. The highest BCUT2D eigenvalue weighted by Crippen LogP contribution is 2.49. The molecule has 1 aliphatic carbocycles. The summed E-state index contributed by atoms with van der Waals surface area (Å²) in [7, 11) is 0. The Balaban J connectivity index is 2.31. The summed E-state index contributed by atoms with van der Waals surface area (Å²) in [6, 6.07) is 2.69. The maximum absolute atomic E-state index is 13.0. The van der Waals surface area contributed by atoms with E-state index in [9.17, 15) is 17.6 Å². The largest absolute Gasteiger partial charge is 0.416 e. The first-order valence-corrected chi connectivity index (χ1v) is 5.39. The van der Waals surface area contributed by atoms with Crippen LogP contribution in [0.5, 0.6) is 0 Å². The fraction of sp³-hybridized carbons (Fsp3) is 0.455. The summed E-state index contributed by atoms with van der Waals surface area (Å²) in [6.45, 7) is 0. The number of benzene rings is 1. The first-order chi connectivity index (χ1) is 7.41. The van der Waals surface area contributed by atoms with Crippen molar-refractivity contribution in [2.24, 2.45) is 5.92 Å². The number of alkyl halides is 4. The average molecular weight is 253 g/mol. The summed E-state index contributed by atoms with van der Waals surface area (Å²) in [5, 5.41) is 0. The number of rotatable bonds is 2. The molecule has 0 bridgehead atoms. The molecule has 2 rings (SSSR count). The molecule has 0 aromatic heterocycles. The van der Waals surface area contributed by atoms with E-state index in [2.05, 4.69) is 0 Å². The molecule has 0 nitrogen and oxygen atoms in total. The van der Waals surface area contributed by atoms with Crippen molar-refractivity contribution in [2.75, 3.05) is 5.88 Å². The Labute approximate surface area is 95.2 Å². The van der Waals surface area contributed by atoms with Crippen LogP contribution in [0.1, 0.15) is 23.5 Å². The Morgan fingerprint density at radius 1 is 1.25 bits per heavy atom. The first kappa shape index (κ1) is 11.7. The van der Waals surface area contributed by atoms with Gasteiger partial charge < -0.3 is 0 Å². The molecular weight excluding hydrogens is 244 g/mol. The predicted molar refractivity (Wildman–Crippen MR) is 53.0 cm³/mol. The SMILES string of the molecule is Fc1cc(C2CC2CCl)cc(C(F)(F)F)c1. The Morgan fingerprint density at radius 3 is 2.44 bits per heavy atom. The molecule has 2 unspecified atom stereocenters. The van der Waals surface area contributed by atoms with Crippen molar-refractivity contribution in [3.05, 3.63) is 35.1 Å². The van der Waals surface area contributed by atoms with Gasteiger partial charge in [0.05, 0.1) is 5.56 Å². The lowest BCUT2D eigenvalue weighted by Crippen LogP contribution is -2.06. The molecule has 0 N–H and O–H groups in total. The number of hydrogen-bond acceptors (Lipinski definition) is 0. The molecule has 0 heterocycles. The van der Waals surface area contributed by atoms with Crippen LogP contribution in [0.4, 0.5) is 17.6 Å². The molecule has 0 radical (unpaired) electrons. The fourth-order valence-electron chi connectivity index (χ4n) is 1.82. The Morgan fingerprint density at radius 2 is 1.94 bits per heavy atom. The van der Waals surface area contributed by atoms with E-state index < -0.39 is 17.6 Å². The quantitative estimate of drug-likeness (QED) is 0.547. The van der Waals surface area contributed by atoms with Gasteiger partial charge in [0.1, 0.15) is 5.82 Å². The topological polar surface area (TPSA) is 0 Å². The van der Waals surface area contributed by atoms with Crippen molar-refractivity contribution in [1.82, 2.24) is 0 Å². The zero-order valence-corrected chi connectivity index (χ0v) is 8.95. The molecule has 0 aliphatic heterocycles. The normalized spacial score (nSPS) is 24.6. The van der Waals surface area contributed by atoms with Gasteiger partial charge >= 0.3 is 6.18 Å². The van der Waals surface area contributed by atoms with Crippen LogP contribution in [0.3, 0.4) is 0 Å². The maximum Gasteiger partial charge on any atom is 0.416 e. The van der Waals surface area contributed by atoms with E-state index in [1.54, 1.807) is 0 Å². The van der Waals surface area contributed by atoms with Crippen LogP contribution in [0.25, 0.3) is 0 Å². The van der Waals surface area contributed by atoms with Crippen LogP contribution in [0, 0.1) is 11.7 Å². The molecule has 1 fully saturated rings. The van der Waals surface area contributed by atoms with Crippen molar-refractivity contribution >= 4 is 11.6 Å². The monoisotopic (exact) mass is 252 g/mol. The van der Waals surface area contributed by atoms with Gasteiger partial charge in [-0.1, -0.05) is 0 Å². The van der Waals surface area contributed by atoms with E-state index in [0.29, 0.717) is 17.5 Å². The van der Waals surface area contributed by atoms with Crippen molar-refractivity contribution in [2.45, 2.75) is 18.5 Å². The minimum atomic E-state index is -4.50. The molecule has 1 aromatic carbocycles. The van der Waals surface area contributed by atoms with Crippen molar-refractivity contribution in [3.8, 4) is 0 Å². The van der Waals surface area contributed by atoms with E-state index in [-0.39, 0.29) is 11.8 Å². The molecule has 2 atom stereocenters. The van der Waals surface area contributed by atoms with Crippen molar-refractivity contribution < 1.29 is 17.6 Å². The second-order valence-electron chi connectivity index (χ2n) is 4.03. The third-order valence-corrected chi connectivity index (χ3v) is 3.19. The molecule has 0 saturated heterocycles. The van der Waals surface area contributed by atoms with Gasteiger partial charge in [-0.2, -0.15) is 13.2 Å². The second-order valence-corrected chi connectivity index (χ2v) is 4.34. The van der Waals surface area contributed by atoms with E-state index in [1.807, 2.05) is 0 Å². The lowest BCUT2D eigenvalue weighted by molar-refractivity contribution is -0.137. The predicted octanol–water partition coefficient (Wildman–Crippen LogP) is 4.19. The first-order valence-electron chi connectivity index (χ1n) is 4.85. The molecule has 0 amide bonds. The van der Waals surface area contributed by atoms with Gasteiger partial charge in [-0.3, -0.25) is 0 Å². The van der Waals surface area contributed by atoms with Crippen molar-refractivity contribution in [3.63, 3.8) is 0 Å². The van der Waals surface area contributed by atoms with Gasteiger partial charge in [0.25, 0.3) is 0 Å². The van der Waals surface area contributed by atoms with Crippen LogP contribution in [-0.4, -0.2) is 5.88 Å². The molecule has 1 aromatic rings. The van der Waals surface area contributed by atoms with Crippen LogP contribution in [0.15, 0.2) is 18.2 Å². The van der Waals surface area contributed by atoms with Crippen LogP contribution in [-0.2, 0) is 6.18 Å². The average Bonchev–Trinajstić information content (AvgIpc) is 2.94. The molecular formula is C11H9ClF4. The van der Waals surface area contributed by atoms with Gasteiger partial charge in [-0.05, 0) is 42.0 Å². The highest BCUT2D eigenvalue weighted by Gasteiger charge is 2.39. The second kappa shape index (κ2) is 3.91. The zero-order chi connectivity index (χ0) is 11.9. The van der Waals surface area contributed by atoms with Crippen LogP contribution < -0.4 is 0 Å². The third-order valence-electron chi connectivity index (χ3n) is 2.80. The minimum Gasteiger partial charge on any atom is -0.207 e. The molecule has 16 heavy (non-hydrogen) atoms. The van der Waals surface area contributed by atoms with E-state index in [0.717, 1.165) is 18.6 Å². The van der Waals surface area contributed by atoms with Gasteiger partial charge in [0, 0.05) is 5.88 Å². The summed E-state index contributed by atoms with van der Waals surface area (Å²) in [4.78, 5) is 0. The Bertz CT molecular complexity index is 399. The number of hydrogen-bond donors (Lipinski definition) is 0. The van der Waals surface area contributed by atoms with Gasteiger partial charge in [0.2, 0.25) is 0 Å². The molecule has 1 aliphatic rings. The highest BCUT2D eigenvalue weighted by molar-refractivity contribution is 6.18. The zero-order valence-electron chi connectivity index (χ0n) is 8.19. The standard InChI is InChI=1S/C11H9ClF4/c12-5-7-3-10(7)6-1-8(11(14,15)16)4-9(13)2-6/h1-2,4,7,10H,3,5H2. The number of halogens is 5. The van der Waals surface area contributed by atoms with E-state index in [4.69, 9.17) is 11.6 Å². The van der Waals surface area contributed by atoms with Gasteiger partial charge in [-0.15, -0.1) is 11.6 Å². The fourth-order valence-corrected chi connectivity index (χ4v) is 2.16. The van der Waals surface area contributed by atoms with Gasteiger partial charge in [-0.25, -0.2) is 4.39 Å². The lowest BCUT2D eigenvalue weighted by atomic mass is 10.1.